The Morgan fingerprint density at radius 2 is 1.42 bits per heavy atom. The molecule has 0 fully saturated rings. The van der Waals surface area contributed by atoms with Crippen LogP contribution in [-0.4, -0.2) is 15.0 Å². The van der Waals surface area contributed by atoms with Crippen LogP contribution in [0.2, 0.25) is 5.28 Å². The number of hydrogen-bond acceptors (Lipinski definition) is 4. The molecule has 7 rings (SSSR count). The van der Waals surface area contributed by atoms with E-state index in [-0.39, 0.29) is 57.4 Å². The number of rotatable bonds is 4. The summed E-state index contributed by atoms with van der Waals surface area (Å²) in [6.07, 6.45) is 0. The third-order valence-electron chi connectivity index (χ3n) is 6.30. The smallest absolute Gasteiger partial charge is 0.208 e. The Kier molecular flexibility index (Phi) is 4.29. The average Bonchev–Trinajstić information content (AvgIpc) is 3.53. The number of halogens is 1. The van der Waals surface area contributed by atoms with Gasteiger partial charge in [-0.05, 0) is 68.0 Å². The summed E-state index contributed by atoms with van der Waals surface area (Å²) in [7, 11) is 0. The van der Waals surface area contributed by atoms with Crippen LogP contribution in [0.15, 0.2) is 120 Å². The van der Waals surface area contributed by atoms with Crippen molar-refractivity contribution < 1.29 is 8.22 Å². The zero-order valence-corrected chi connectivity index (χ0v) is 21.3. The SMILES string of the molecule is [2H]c1c([2H])c([2H])c2c(-c3ccccc3)c(-c3nc(Cl)nc(-c4cccc(-c5cccc6ccsc56)c4)n3)c([2H])c([2H])c2c1[2H]. The van der Waals surface area contributed by atoms with E-state index in [2.05, 4.69) is 33.5 Å². The molecule has 0 bridgehead atoms. The molecule has 0 unspecified atom stereocenters. The van der Waals surface area contributed by atoms with Crippen molar-refractivity contribution >= 4 is 43.8 Å². The number of thiophene rings is 1. The van der Waals surface area contributed by atoms with E-state index in [0.29, 0.717) is 16.7 Å². The van der Waals surface area contributed by atoms with Gasteiger partial charge < -0.3 is 0 Å². The van der Waals surface area contributed by atoms with Gasteiger partial charge in [0.15, 0.2) is 11.6 Å². The van der Waals surface area contributed by atoms with Gasteiger partial charge in [0.25, 0.3) is 0 Å². The molecule has 0 aliphatic rings. The third-order valence-corrected chi connectivity index (χ3v) is 7.44. The van der Waals surface area contributed by atoms with E-state index in [1.807, 2.05) is 36.4 Å². The molecule has 5 heteroatoms. The molecule has 2 heterocycles. The highest BCUT2D eigenvalue weighted by atomic mass is 35.5. The fourth-order valence-electron chi connectivity index (χ4n) is 4.60. The number of fused-ring (bicyclic) bond motifs is 2. The Morgan fingerprint density at radius 1 is 0.632 bits per heavy atom. The summed E-state index contributed by atoms with van der Waals surface area (Å²) in [6.45, 7) is 0. The molecule has 3 nitrogen and oxygen atoms in total. The van der Waals surface area contributed by atoms with Crippen LogP contribution in [0.25, 0.3) is 65.9 Å². The monoisotopic (exact) mass is 531 g/mol. The second-order valence-electron chi connectivity index (χ2n) is 8.59. The molecular formula is C33H20ClN3S. The predicted molar refractivity (Wildman–Crippen MR) is 159 cm³/mol. The number of hydrogen-bond donors (Lipinski definition) is 0. The lowest BCUT2D eigenvalue weighted by atomic mass is 9.93. The predicted octanol–water partition coefficient (Wildman–Crippen LogP) is 9.56. The maximum atomic E-state index is 9.07. The first-order valence-corrected chi connectivity index (χ1v) is 13.1. The zero-order chi connectivity index (χ0) is 30.7. The van der Waals surface area contributed by atoms with Crippen LogP contribution in [0.3, 0.4) is 0 Å². The van der Waals surface area contributed by atoms with Crippen molar-refractivity contribution in [1.82, 2.24) is 15.0 Å². The fraction of sp³-hybridized carbons (Fsp3) is 0. The quantitative estimate of drug-likeness (QED) is 0.227. The number of benzene rings is 5. The maximum absolute atomic E-state index is 9.07. The molecule has 0 aliphatic heterocycles. The summed E-state index contributed by atoms with van der Waals surface area (Å²) >= 11 is 8.16. The molecule has 0 atom stereocenters. The van der Waals surface area contributed by atoms with E-state index in [9.17, 15) is 0 Å². The van der Waals surface area contributed by atoms with Crippen LogP contribution >= 0.6 is 22.9 Å². The van der Waals surface area contributed by atoms with E-state index in [4.69, 9.17) is 24.8 Å². The van der Waals surface area contributed by atoms with Crippen LogP contribution < -0.4 is 0 Å². The van der Waals surface area contributed by atoms with E-state index < -0.39 is 12.1 Å². The summed E-state index contributed by atoms with van der Waals surface area (Å²) in [5.74, 6) is 0.289. The minimum atomic E-state index is -0.467. The molecule has 5 aromatic carbocycles. The molecule has 0 amide bonds. The molecule has 0 N–H and O–H groups in total. The van der Waals surface area contributed by atoms with Crippen molar-refractivity contribution in [2.45, 2.75) is 0 Å². The van der Waals surface area contributed by atoms with Crippen LogP contribution in [0.5, 0.6) is 0 Å². The van der Waals surface area contributed by atoms with Gasteiger partial charge in [-0.3, -0.25) is 0 Å². The van der Waals surface area contributed by atoms with Gasteiger partial charge in [-0.15, -0.1) is 11.3 Å². The van der Waals surface area contributed by atoms with Crippen molar-refractivity contribution in [2.75, 3.05) is 0 Å². The normalized spacial score (nSPS) is 13.5. The summed E-state index contributed by atoms with van der Waals surface area (Å²) in [5, 5.41) is 3.17. The molecule has 0 saturated carbocycles. The first-order chi connectivity index (χ1) is 21.2. The molecule has 0 saturated heterocycles. The van der Waals surface area contributed by atoms with Gasteiger partial charge in [0.05, 0.1) is 8.22 Å². The van der Waals surface area contributed by atoms with Crippen LogP contribution in [0.1, 0.15) is 8.22 Å². The minimum Gasteiger partial charge on any atom is -0.208 e. The second-order valence-corrected chi connectivity index (χ2v) is 9.85. The molecular weight excluding hydrogens is 506 g/mol. The lowest BCUT2D eigenvalue weighted by molar-refractivity contribution is 1.07. The molecule has 0 aliphatic carbocycles. The molecule has 38 heavy (non-hydrogen) atoms. The van der Waals surface area contributed by atoms with Crippen LogP contribution in [0.4, 0.5) is 0 Å². The fourth-order valence-corrected chi connectivity index (χ4v) is 5.70. The molecule has 7 aromatic rings. The molecule has 180 valence electrons. The largest absolute Gasteiger partial charge is 0.226 e. The minimum absolute atomic E-state index is 0.0254. The van der Waals surface area contributed by atoms with Crippen LogP contribution in [-0.2, 0) is 0 Å². The molecule has 0 spiro atoms. The molecule has 0 radical (unpaired) electrons. The van der Waals surface area contributed by atoms with Gasteiger partial charge >= 0.3 is 0 Å². The van der Waals surface area contributed by atoms with Gasteiger partial charge in [-0.25, -0.2) is 4.98 Å². The highest BCUT2D eigenvalue weighted by Gasteiger charge is 2.17. The van der Waals surface area contributed by atoms with Gasteiger partial charge in [0, 0.05) is 21.4 Å². The summed E-state index contributed by atoms with van der Waals surface area (Å²) in [4.78, 5) is 13.5. The van der Waals surface area contributed by atoms with E-state index in [1.165, 1.54) is 0 Å². The van der Waals surface area contributed by atoms with E-state index in [1.54, 1.807) is 35.6 Å². The number of nitrogens with zero attached hydrogens (tertiary/aromatic N) is 3. The molecule has 2 aromatic heterocycles. The zero-order valence-electron chi connectivity index (χ0n) is 25.7. The lowest BCUT2D eigenvalue weighted by Gasteiger charge is -2.14. The lowest BCUT2D eigenvalue weighted by Crippen LogP contribution is -1.99. The Hall–Kier alpha value is -4.38. The van der Waals surface area contributed by atoms with Gasteiger partial charge in [-0.2, -0.15) is 9.97 Å². The Bertz CT molecular complexity index is 2270. The first kappa shape index (κ1) is 17.2. The highest BCUT2D eigenvalue weighted by Crippen LogP contribution is 2.38. The maximum Gasteiger partial charge on any atom is 0.226 e. The van der Waals surface area contributed by atoms with Gasteiger partial charge in [-0.1, -0.05) is 96.9 Å². The summed E-state index contributed by atoms with van der Waals surface area (Å²) in [5.41, 5.74) is 3.74. The van der Waals surface area contributed by atoms with Crippen molar-refractivity contribution in [2.24, 2.45) is 0 Å². The Morgan fingerprint density at radius 3 is 2.34 bits per heavy atom. The first-order valence-electron chi connectivity index (χ1n) is 14.8. The Balaban J connectivity index is 1.50. The van der Waals surface area contributed by atoms with Crippen molar-refractivity contribution in [1.29, 1.82) is 0 Å². The van der Waals surface area contributed by atoms with Crippen molar-refractivity contribution in [3.63, 3.8) is 0 Å². The van der Waals surface area contributed by atoms with Crippen LogP contribution in [0, 0.1) is 0 Å². The van der Waals surface area contributed by atoms with E-state index >= 15 is 0 Å². The summed E-state index contributed by atoms with van der Waals surface area (Å²) < 4.78 is 53.0. The second kappa shape index (κ2) is 9.49. The van der Waals surface area contributed by atoms with Gasteiger partial charge in [0.1, 0.15) is 0 Å². The Labute approximate surface area is 237 Å². The topological polar surface area (TPSA) is 38.7 Å². The highest BCUT2D eigenvalue weighted by molar-refractivity contribution is 7.17. The van der Waals surface area contributed by atoms with E-state index in [0.717, 1.165) is 21.2 Å². The average molecular weight is 532 g/mol. The van der Waals surface area contributed by atoms with Gasteiger partial charge in [0.2, 0.25) is 5.28 Å². The third kappa shape index (κ3) is 4.04. The van der Waals surface area contributed by atoms with Crippen molar-refractivity contribution in [3.8, 4) is 45.0 Å². The standard InChI is InChI=1S/C33H20ClN3S/c34-33-36-31(25-13-6-12-24(20-25)27-15-7-11-23-18-19-38-30(23)27)35-32(37-33)28-17-16-21-8-4-5-14-26(21)29(28)22-9-2-1-3-10-22/h1-20H/i4D,5D,8D,14D,16D,17D. The number of aromatic nitrogens is 3. The van der Waals surface area contributed by atoms with Crippen molar-refractivity contribution in [3.05, 3.63) is 126 Å². The summed E-state index contributed by atoms with van der Waals surface area (Å²) in [6, 6.07) is 22.7.